The van der Waals surface area contributed by atoms with E-state index in [4.69, 9.17) is 13.9 Å². The second-order valence-corrected chi connectivity index (χ2v) is 6.08. The quantitative estimate of drug-likeness (QED) is 0.584. The monoisotopic (exact) mass is 352 g/mol. The van der Waals surface area contributed by atoms with Crippen molar-refractivity contribution in [2.45, 2.75) is 19.5 Å². The van der Waals surface area contributed by atoms with Gasteiger partial charge in [-0.05, 0) is 53.9 Å². The maximum atomic E-state index is 5.53. The zero-order valence-corrected chi connectivity index (χ0v) is 15.2. The van der Waals surface area contributed by atoms with Gasteiger partial charge in [-0.15, -0.1) is 0 Å². The van der Waals surface area contributed by atoms with Crippen LogP contribution in [0, 0.1) is 0 Å². The third-order valence-corrected chi connectivity index (χ3v) is 4.28. The molecule has 5 nitrogen and oxygen atoms in total. The molecule has 0 unspecified atom stereocenters. The van der Waals surface area contributed by atoms with Crippen molar-refractivity contribution < 1.29 is 13.9 Å². The molecular formula is C21H24N2O3. The zero-order chi connectivity index (χ0) is 18.2. The number of furan rings is 1. The average Bonchev–Trinajstić information content (AvgIpc) is 3.19. The van der Waals surface area contributed by atoms with Crippen LogP contribution in [0.1, 0.15) is 16.9 Å². The number of aromatic nitrogens is 1. The Morgan fingerprint density at radius 2 is 1.73 bits per heavy atom. The largest absolute Gasteiger partial charge is 0.493 e. The van der Waals surface area contributed by atoms with E-state index < -0.39 is 0 Å². The normalized spacial score (nSPS) is 10.9. The van der Waals surface area contributed by atoms with E-state index in [9.17, 15) is 0 Å². The minimum atomic E-state index is 0.750. The number of hydrogen-bond acceptors (Lipinski definition) is 5. The third-order valence-electron chi connectivity index (χ3n) is 4.28. The van der Waals surface area contributed by atoms with Crippen LogP contribution < -0.4 is 9.47 Å². The molecule has 0 aliphatic carbocycles. The van der Waals surface area contributed by atoms with Crippen LogP contribution in [0.15, 0.2) is 65.5 Å². The van der Waals surface area contributed by atoms with Gasteiger partial charge in [0, 0.05) is 25.5 Å². The SMILES string of the molecule is COc1ccc(CCN(Cc2ccncc2)Cc2ccco2)cc1OC. The molecule has 2 aromatic heterocycles. The number of rotatable bonds is 9. The summed E-state index contributed by atoms with van der Waals surface area (Å²) < 4.78 is 16.2. The molecule has 0 atom stereocenters. The first kappa shape index (κ1) is 18.0. The van der Waals surface area contributed by atoms with E-state index in [1.54, 1.807) is 20.5 Å². The predicted octanol–water partition coefficient (Wildman–Crippen LogP) is 3.94. The fourth-order valence-electron chi connectivity index (χ4n) is 2.91. The molecule has 3 aromatic rings. The maximum Gasteiger partial charge on any atom is 0.160 e. The molecule has 0 N–H and O–H groups in total. The van der Waals surface area contributed by atoms with Crippen molar-refractivity contribution >= 4 is 0 Å². The van der Waals surface area contributed by atoms with Gasteiger partial charge in [0.1, 0.15) is 5.76 Å². The molecule has 3 rings (SSSR count). The zero-order valence-electron chi connectivity index (χ0n) is 15.2. The summed E-state index contributed by atoms with van der Waals surface area (Å²) >= 11 is 0. The first-order chi connectivity index (χ1) is 12.8. The lowest BCUT2D eigenvalue weighted by Crippen LogP contribution is -2.25. The molecule has 0 saturated heterocycles. The Bertz CT molecular complexity index is 788. The van der Waals surface area contributed by atoms with Crippen molar-refractivity contribution in [2.24, 2.45) is 0 Å². The molecule has 0 aliphatic heterocycles. The number of ether oxygens (including phenoxy) is 2. The highest BCUT2D eigenvalue weighted by Crippen LogP contribution is 2.27. The van der Waals surface area contributed by atoms with Gasteiger partial charge in [0.2, 0.25) is 0 Å². The predicted molar refractivity (Wildman–Crippen MR) is 100 cm³/mol. The molecule has 26 heavy (non-hydrogen) atoms. The topological polar surface area (TPSA) is 47.7 Å². The molecule has 5 heteroatoms. The molecule has 2 heterocycles. The Hall–Kier alpha value is -2.79. The summed E-state index contributed by atoms with van der Waals surface area (Å²) in [6.45, 7) is 2.51. The molecule has 1 aromatic carbocycles. The van der Waals surface area contributed by atoms with Gasteiger partial charge in [0.25, 0.3) is 0 Å². The van der Waals surface area contributed by atoms with Crippen LogP contribution in [0.3, 0.4) is 0 Å². The molecule has 136 valence electrons. The Kier molecular flexibility index (Phi) is 6.28. The van der Waals surface area contributed by atoms with E-state index in [0.29, 0.717) is 0 Å². The highest BCUT2D eigenvalue weighted by atomic mass is 16.5. The van der Waals surface area contributed by atoms with E-state index in [2.05, 4.69) is 16.0 Å². The molecule has 0 spiro atoms. The van der Waals surface area contributed by atoms with Crippen LogP contribution in [0.5, 0.6) is 11.5 Å². The highest BCUT2D eigenvalue weighted by Gasteiger charge is 2.11. The minimum Gasteiger partial charge on any atom is -0.493 e. The van der Waals surface area contributed by atoms with Crippen LogP contribution in [-0.4, -0.2) is 30.6 Å². The van der Waals surface area contributed by atoms with Crippen molar-refractivity contribution in [1.29, 1.82) is 0 Å². The van der Waals surface area contributed by atoms with Gasteiger partial charge in [0.15, 0.2) is 11.5 Å². The summed E-state index contributed by atoms with van der Waals surface area (Å²) in [5, 5.41) is 0. The number of methoxy groups -OCH3 is 2. The second kappa shape index (κ2) is 9.06. The Labute approximate surface area is 154 Å². The summed E-state index contributed by atoms with van der Waals surface area (Å²) in [5.74, 6) is 2.48. The van der Waals surface area contributed by atoms with Crippen LogP contribution in [-0.2, 0) is 19.5 Å². The number of benzene rings is 1. The molecule has 0 amide bonds. The van der Waals surface area contributed by atoms with Gasteiger partial charge in [-0.3, -0.25) is 9.88 Å². The Morgan fingerprint density at radius 1 is 0.923 bits per heavy atom. The van der Waals surface area contributed by atoms with Gasteiger partial charge >= 0.3 is 0 Å². The van der Waals surface area contributed by atoms with Crippen molar-refractivity contribution in [3.05, 3.63) is 78.0 Å². The van der Waals surface area contributed by atoms with Gasteiger partial charge in [0.05, 0.1) is 27.0 Å². The molecule has 0 fully saturated rings. The summed E-state index contributed by atoms with van der Waals surface area (Å²) in [5.41, 5.74) is 2.45. The van der Waals surface area contributed by atoms with E-state index >= 15 is 0 Å². The van der Waals surface area contributed by atoms with Crippen LogP contribution in [0.25, 0.3) is 0 Å². The summed E-state index contributed by atoms with van der Waals surface area (Å²) in [6.07, 6.45) is 6.28. The minimum absolute atomic E-state index is 0.750. The number of nitrogens with zero attached hydrogens (tertiary/aromatic N) is 2. The Balaban J connectivity index is 1.69. The van der Waals surface area contributed by atoms with E-state index in [1.165, 1.54) is 11.1 Å². The number of hydrogen-bond donors (Lipinski definition) is 0. The van der Waals surface area contributed by atoms with E-state index in [0.717, 1.165) is 43.3 Å². The smallest absolute Gasteiger partial charge is 0.160 e. The number of pyridine rings is 1. The van der Waals surface area contributed by atoms with E-state index in [1.807, 2.05) is 48.8 Å². The van der Waals surface area contributed by atoms with Gasteiger partial charge < -0.3 is 13.9 Å². The fourth-order valence-corrected chi connectivity index (χ4v) is 2.91. The van der Waals surface area contributed by atoms with Crippen molar-refractivity contribution in [2.75, 3.05) is 20.8 Å². The van der Waals surface area contributed by atoms with Crippen molar-refractivity contribution in [1.82, 2.24) is 9.88 Å². The lowest BCUT2D eigenvalue weighted by molar-refractivity contribution is 0.238. The van der Waals surface area contributed by atoms with Crippen molar-refractivity contribution in [3.8, 4) is 11.5 Å². The van der Waals surface area contributed by atoms with Crippen LogP contribution in [0.2, 0.25) is 0 Å². The highest BCUT2D eigenvalue weighted by molar-refractivity contribution is 5.42. The second-order valence-electron chi connectivity index (χ2n) is 6.08. The molecular weight excluding hydrogens is 328 g/mol. The molecule has 0 aliphatic rings. The van der Waals surface area contributed by atoms with Crippen molar-refractivity contribution in [3.63, 3.8) is 0 Å². The maximum absolute atomic E-state index is 5.53. The lowest BCUT2D eigenvalue weighted by atomic mass is 10.1. The van der Waals surface area contributed by atoms with Gasteiger partial charge in [-0.2, -0.15) is 0 Å². The van der Waals surface area contributed by atoms with Crippen LogP contribution >= 0.6 is 0 Å². The molecule has 0 radical (unpaired) electrons. The summed E-state index contributed by atoms with van der Waals surface area (Å²) in [7, 11) is 3.31. The standard InChI is InChI=1S/C21H24N2O3/c1-24-20-6-5-17(14-21(20)25-2)9-12-23(16-19-4-3-13-26-19)15-18-7-10-22-11-8-18/h3-8,10-11,13-14H,9,12,15-16H2,1-2H3. The fraction of sp³-hybridized carbons (Fsp3) is 0.286. The van der Waals surface area contributed by atoms with Crippen LogP contribution in [0.4, 0.5) is 0 Å². The summed E-state index contributed by atoms with van der Waals surface area (Å²) in [4.78, 5) is 6.46. The first-order valence-corrected chi connectivity index (χ1v) is 8.63. The lowest BCUT2D eigenvalue weighted by Gasteiger charge is -2.21. The van der Waals surface area contributed by atoms with Gasteiger partial charge in [-0.25, -0.2) is 0 Å². The average molecular weight is 352 g/mol. The molecule has 0 saturated carbocycles. The molecule has 0 bridgehead atoms. The third kappa shape index (κ3) is 4.86. The summed E-state index contributed by atoms with van der Waals surface area (Å²) in [6, 6.07) is 14.1. The Morgan fingerprint density at radius 3 is 2.42 bits per heavy atom. The van der Waals surface area contributed by atoms with Gasteiger partial charge in [-0.1, -0.05) is 6.07 Å². The first-order valence-electron chi connectivity index (χ1n) is 8.63. The van der Waals surface area contributed by atoms with E-state index in [-0.39, 0.29) is 0 Å².